The zero-order valence-electron chi connectivity index (χ0n) is 14.7. The van der Waals surface area contributed by atoms with E-state index in [1.165, 1.54) is 0 Å². The number of rotatable bonds is 7. The lowest BCUT2D eigenvalue weighted by Crippen LogP contribution is -2.46. The van der Waals surface area contributed by atoms with E-state index in [1.807, 2.05) is 37.4 Å². The minimum absolute atomic E-state index is 0.0501. The van der Waals surface area contributed by atoms with Crippen LogP contribution in [0, 0.1) is 0 Å². The van der Waals surface area contributed by atoms with Crippen molar-refractivity contribution in [2.45, 2.75) is 44.8 Å². The fourth-order valence-corrected chi connectivity index (χ4v) is 3.23. The van der Waals surface area contributed by atoms with Gasteiger partial charge in [0.05, 0.1) is 25.5 Å². The maximum atomic E-state index is 12.6. The lowest BCUT2D eigenvalue weighted by atomic mass is 10.0. The van der Waals surface area contributed by atoms with E-state index in [0.717, 1.165) is 37.1 Å². The summed E-state index contributed by atoms with van der Waals surface area (Å²) in [5.41, 5.74) is 0.919. The second-order valence-corrected chi connectivity index (χ2v) is 6.17. The molecule has 3 rings (SSSR count). The third-order valence-electron chi connectivity index (χ3n) is 4.55. The van der Waals surface area contributed by atoms with Crippen LogP contribution in [0.25, 0.3) is 5.69 Å². The minimum atomic E-state index is -0.666. The number of nitrogens with one attached hydrogen (secondary N) is 1. The number of ether oxygens (including phenoxy) is 2. The van der Waals surface area contributed by atoms with Gasteiger partial charge in [0, 0.05) is 6.61 Å². The van der Waals surface area contributed by atoms with Gasteiger partial charge in [0.2, 0.25) is 0 Å². The Morgan fingerprint density at radius 2 is 2.00 bits per heavy atom. The van der Waals surface area contributed by atoms with Gasteiger partial charge in [-0.1, -0.05) is 5.21 Å². The second-order valence-electron chi connectivity index (χ2n) is 6.17. The molecule has 0 radical (unpaired) electrons. The first-order chi connectivity index (χ1) is 12.2. The molecule has 0 unspecified atom stereocenters. The van der Waals surface area contributed by atoms with Crippen molar-refractivity contribution in [3.8, 4) is 11.4 Å². The molecule has 0 saturated heterocycles. The lowest BCUT2D eigenvalue weighted by molar-refractivity contribution is -0.146. The molecule has 1 aliphatic rings. The summed E-state index contributed by atoms with van der Waals surface area (Å²) < 4.78 is 12.6. The summed E-state index contributed by atoms with van der Waals surface area (Å²) in [4.78, 5) is 12.6. The van der Waals surface area contributed by atoms with Crippen molar-refractivity contribution < 1.29 is 14.3 Å². The number of amides is 1. The number of nitrogens with zero attached hydrogens (tertiary/aromatic N) is 3. The highest BCUT2D eigenvalue weighted by Gasteiger charge is 2.41. The molecule has 25 heavy (non-hydrogen) atoms. The Balaban J connectivity index is 1.62. The first-order valence-electron chi connectivity index (χ1n) is 8.65. The standard InChI is InChI=1S/C18H24N4O3/c1-3-25-18(10-4-5-11-18)17(23)19-12-14-13-22(21-20-14)15-6-8-16(24-2)9-7-15/h6-9,13H,3-5,10-12H2,1-2H3,(H,19,23). The number of hydrogen-bond acceptors (Lipinski definition) is 5. The van der Waals surface area contributed by atoms with Crippen LogP contribution in [0.2, 0.25) is 0 Å². The number of methoxy groups -OCH3 is 1. The van der Waals surface area contributed by atoms with Crippen LogP contribution in [-0.4, -0.2) is 40.2 Å². The van der Waals surface area contributed by atoms with Gasteiger partial charge in [-0.05, 0) is 56.9 Å². The van der Waals surface area contributed by atoms with Gasteiger partial charge in [0.1, 0.15) is 17.0 Å². The van der Waals surface area contributed by atoms with Crippen LogP contribution in [0.1, 0.15) is 38.3 Å². The van der Waals surface area contributed by atoms with Crippen LogP contribution in [-0.2, 0) is 16.1 Å². The average molecular weight is 344 g/mol. The third kappa shape index (κ3) is 3.82. The van der Waals surface area contributed by atoms with Crippen molar-refractivity contribution >= 4 is 5.91 Å². The van der Waals surface area contributed by atoms with E-state index in [1.54, 1.807) is 11.8 Å². The highest BCUT2D eigenvalue weighted by molar-refractivity contribution is 5.85. The van der Waals surface area contributed by atoms with Gasteiger partial charge in [-0.15, -0.1) is 5.10 Å². The van der Waals surface area contributed by atoms with E-state index in [0.29, 0.717) is 18.8 Å². The van der Waals surface area contributed by atoms with Crippen molar-refractivity contribution in [3.63, 3.8) is 0 Å². The molecular weight excluding hydrogens is 320 g/mol. The normalized spacial score (nSPS) is 15.9. The SMILES string of the molecule is CCOC1(C(=O)NCc2cn(-c3ccc(OC)cc3)nn2)CCCC1. The molecule has 1 aliphatic carbocycles. The fraction of sp³-hybridized carbons (Fsp3) is 0.500. The van der Waals surface area contributed by atoms with Crippen molar-refractivity contribution in [1.82, 2.24) is 20.3 Å². The van der Waals surface area contributed by atoms with Crippen LogP contribution >= 0.6 is 0 Å². The number of carbonyl (C=O) groups excluding carboxylic acids is 1. The first-order valence-corrected chi connectivity index (χ1v) is 8.65. The minimum Gasteiger partial charge on any atom is -0.497 e. The summed E-state index contributed by atoms with van der Waals surface area (Å²) >= 11 is 0. The zero-order chi connectivity index (χ0) is 17.7. The Morgan fingerprint density at radius 3 is 2.64 bits per heavy atom. The van der Waals surface area contributed by atoms with Gasteiger partial charge in [-0.2, -0.15) is 0 Å². The Kier molecular flexibility index (Phi) is 5.33. The number of benzene rings is 1. The third-order valence-corrected chi connectivity index (χ3v) is 4.55. The summed E-state index contributed by atoms with van der Waals surface area (Å²) in [7, 11) is 1.63. The Bertz CT molecular complexity index is 705. The van der Waals surface area contributed by atoms with Crippen molar-refractivity contribution in [2.75, 3.05) is 13.7 Å². The molecule has 1 saturated carbocycles. The molecule has 0 aliphatic heterocycles. The average Bonchev–Trinajstić information content (AvgIpc) is 3.30. The highest BCUT2D eigenvalue weighted by Crippen LogP contribution is 2.33. The Morgan fingerprint density at radius 1 is 1.28 bits per heavy atom. The van der Waals surface area contributed by atoms with E-state index in [4.69, 9.17) is 9.47 Å². The molecule has 1 N–H and O–H groups in total. The smallest absolute Gasteiger partial charge is 0.252 e. The molecule has 2 aromatic rings. The summed E-state index contributed by atoms with van der Waals surface area (Å²) in [5, 5.41) is 11.2. The van der Waals surface area contributed by atoms with Gasteiger partial charge in [0.25, 0.3) is 5.91 Å². The molecule has 0 spiro atoms. The van der Waals surface area contributed by atoms with E-state index in [2.05, 4.69) is 15.6 Å². The summed E-state index contributed by atoms with van der Waals surface area (Å²) in [6.45, 7) is 2.80. The summed E-state index contributed by atoms with van der Waals surface area (Å²) in [5.74, 6) is 0.736. The van der Waals surface area contributed by atoms with Crippen molar-refractivity contribution in [2.24, 2.45) is 0 Å². The van der Waals surface area contributed by atoms with Gasteiger partial charge < -0.3 is 14.8 Å². The van der Waals surface area contributed by atoms with Gasteiger partial charge in [-0.25, -0.2) is 4.68 Å². The molecule has 0 bridgehead atoms. The van der Waals surface area contributed by atoms with Gasteiger partial charge in [-0.3, -0.25) is 4.79 Å². The summed E-state index contributed by atoms with van der Waals surface area (Å²) in [6, 6.07) is 7.53. The molecule has 1 fully saturated rings. The number of carbonyl (C=O) groups is 1. The summed E-state index contributed by atoms with van der Waals surface area (Å²) in [6.07, 6.45) is 5.43. The molecule has 1 amide bonds. The second kappa shape index (κ2) is 7.65. The molecule has 1 heterocycles. The molecular formula is C18H24N4O3. The van der Waals surface area contributed by atoms with Crippen molar-refractivity contribution in [1.29, 1.82) is 0 Å². The largest absolute Gasteiger partial charge is 0.497 e. The number of hydrogen-bond donors (Lipinski definition) is 1. The van der Waals surface area contributed by atoms with E-state index < -0.39 is 5.60 Å². The monoisotopic (exact) mass is 344 g/mol. The van der Waals surface area contributed by atoms with Crippen LogP contribution in [0.5, 0.6) is 5.75 Å². The van der Waals surface area contributed by atoms with E-state index in [-0.39, 0.29) is 5.91 Å². The maximum Gasteiger partial charge on any atom is 0.252 e. The predicted octanol–water partition coefficient (Wildman–Crippen LogP) is 2.24. The first kappa shape index (κ1) is 17.4. The molecule has 0 atom stereocenters. The highest BCUT2D eigenvalue weighted by atomic mass is 16.5. The quantitative estimate of drug-likeness (QED) is 0.833. The van der Waals surface area contributed by atoms with Crippen molar-refractivity contribution in [3.05, 3.63) is 36.2 Å². The van der Waals surface area contributed by atoms with Gasteiger partial charge >= 0.3 is 0 Å². The molecule has 7 nitrogen and oxygen atoms in total. The van der Waals surface area contributed by atoms with Gasteiger partial charge in [0.15, 0.2) is 0 Å². The van der Waals surface area contributed by atoms with E-state index >= 15 is 0 Å². The van der Waals surface area contributed by atoms with Crippen LogP contribution in [0.3, 0.4) is 0 Å². The lowest BCUT2D eigenvalue weighted by Gasteiger charge is -2.27. The molecule has 134 valence electrons. The zero-order valence-corrected chi connectivity index (χ0v) is 14.7. The van der Waals surface area contributed by atoms with Crippen LogP contribution in [0.15, 0.2) is 30.5 Å². The Hall–Kier alpha value is -2.41. The van der Waals surface area contributed by atoms with Crippen LogP contribution in [0.4, 0.5) is 0 Å². The molecule has 1 aromatic heterocycles. The Labute approximate surface area is 147 Å². The topological polar surface area (TPSA) is 78.3 Å². The van der Waals surface area contributed by atoms with Crippen LogP contribution < -0.4 is 10.1 Å². The fourth-order valence-electron chi connectivity index (χ4n) is 3.23. The van der Waals surface area contributed by atoms with E-state index in [9.17, 15) is 4.79 Å². The molecule has 1 aromatic carbocycles. The predicted molar refractivity (Wildman–Crippen MR) is 92.6 cm³/mol. The number of aromatic nitrogens is 3. The molecule has 7 heteroatoms. The maximum absolute atomic E-state index is 12.6.